The average Bonchev–Trinajstić information content (AvgIpc) is 2.54. The molecule has 8 heteroatoms. The monoisotopic (exact) mass is 318 g/mol. The molecule has 0 aliphatic carbocycles. The molecule has 0 spiro atoms. The van der Waals surface area contributed by atoms with Gasteiger partial charge >= 0.3 is 5.69 Å². The Morgan fingerprint density at radius 3 is 2.17 bits per heavy atom. The van der Waals surface area contributed by atoms with E-state index < -0.39 is 15.5 Å². The van der Waals surface area contributed by atoms with Crippen LogP contribution >= 0.6 is 0 Å². The predicted octanol–water partition coefficient (Wildman–Crippen LogP) is 4.08. The number of nitro groups is 2. The van der Waals surface area contributed by atoms with E-state index in [1.165, 1.54) is 6.07 Å². The molecule has 0 radical (unpaired) electrons. The van der Waals surface area contributed by atoms with Gasteiger partial charge in [0.1, 0.15) is 11.5 Å². The maximum atomic E-state index is 11.0. The van der Waals surface area contributed by atoms with E-state index in [1.54, 1.807) is 24.3 Å². The SMILES string of the molecule is CCCOc1ccc(Oc2ccc([N+](=O)[O-])cc2[N+](=O)[O-])cc1. The number of nitro benzene ring substituents is 2. The Labute approximate surface area is 131 Å². The zero-order valence-corrected chi connectivity index (χ0v) is 12.3. The van der Waals surface area contributed by atoms with Crippen LogP contribution in [0.4, 0.5) is 11.4 Å². The first-order valence-corrected chi connectivity index (χ1v) is 6.85. The van der Waals surface area contributed by atoms with Crippen molar-refractivity contribution in [3.8, 4) is 17.2 Å². The molecule has 0 aromatic heterocycles. The van der Waals surface area contributed by atoms with Crippen LogP contribution in [0, 0.1) is 20.2 Å². The molecule has 2 aromatic rings. The van der Waals surface area contributed by atoms with Gasteiger partial charge in [0.2, 0.25) is 5.75 Å². The first-order chi connectivity index (χ1) is 11.0. The Hall–Kier alpha value is -3.16. The summed E-state index contributed by atoms with van der Waals surface area (Å²) in [6, 6.07) is 9.81. The minimum absolute atomic E-state index is 0.0668. The van der Waals surface area contributed by atoms with Crippen LogP contribution < -0.4 is 9.47 Å². The third kappa shape index (κ3) is 4.16. The quantitative estimate of drug-likeness (QED) is 0.562. The molecular formula is C15H14N2O6. The van der Waals surface area contributed by atoms with Gasteiger partial charge in [0, 0.05) is 6.07 Å². The van der Waals surface area contributed by atoms with Crippen molar-refractivity contribution in [3.05, 3.63) is 62.7 Å². The Balaban J connectivity index is 2.22. The largest absolute Gasteiger partial charge is 0.494 e. The third-order valence-electron chi connectivity index (χ3n) is 2.87. The van der Waals surface area contributed by atoms with E-state index in [0.29, 0.717) is 18.1 Å². The number of benzene rings is 2. The second kappa shape index (κ2) is 7.21. The minimum atomic E-state index is -0.721. The maximum Gasteiger partial charge on any atom is 0.318 e. The standard InChI is InChI=1S/C15H14N2O6/c1-2-9-22-12-4-6-13(7-5-12)23-15-8-3-11(16(18)19)10-14(15)17(20)21/h3-8,10H,2,9H2,1H3. The fourth-order valence-corrected chi connectivity index (χ4v) is 1.80. The van der Waals surface area contributed by atoms with Crippen LogP contribution in [0.15, 0.2) is 42.5 Å². The fourth-order valence-electron chi connectivity index (χ4n) is 1.80. The highest BCUT2D eigenvalue weighted by atomic mass is 16.6. The number of hydrogen-bond acceptors (Lipinski definition) is 6. The summed E-state index contributed by atoms with van der Waals surface area (Å²) in [7, 11) is 0. The Bertz CT molecular complexity index is 714. The first-order valence-electron chi connectivity index (χ1n) is 6.85. The smallest absolute Gasteiger partial charge is 0.318 e. The van der Waals surface area contributed by atoms with Gasteiger partial charge in [0.15, 0.2) is 0 Å². The van der Waals surface area contributed by atoms with Crippen molar-refractivity contribution in [1.29, 1.82) is 0 Å². The van der Waals surface area contributed by atoms with E-state index >= 15 is 0 Å². The number of ether oxygens (including phenoxy) is 2. The molecule has 0 fully saturated rings. The lowest BCUT2D eigenvalue weighted by Gasteiger charge is -2.08. The van der Waals surface area contributed by atoms with Crippen molar-refractivity contribution < 1.29 is 19.3 Å². The molecule has 0 bridgehead atoms. The van der Waals surface area contributed by atoms with Crippen LogP contribution in [0.5, 0.6) is 17.2 Å². The summed E-state index contributed by atoms with van der Waals surface area (Å²) < 4.78 is 10.9. The molecule has 0 aliphatic rings. The number of nitrogens with zero attached hydrogens (tertiary/aromatic N) is 2. The van der Waals surface area contributed by atoms with Crippen LogP contribution in [0.2, 0.25) is 0 Å². The lowest BCUT2D eigenvalue weighted by atomic mass is 10.2. The molecule has 120 valence electrons. The van der Waals surface area contributed by atoms with Crippen molar-refractivity contribution in [1.82, 2.24) is 0 Å². The molecule has 0 atom stereocenters. The van der Waals surface area contributed by atoms with Crippen LogP contribution in [-0.2, 0) is 0 Å². The summed E-state index contributed by atoms with van der Waals surface area (Å²) >= 11 is 0. The number of rotatable bonds is 7. The molecule has 0 saturated heterocycles. The van der Waals surface area contributed by atoms with Crippen molar-refractivity contribution in [3.63, 3.8) is 0 Å². The predicted molar refractivity (Wildman–Crippen MR) is 82.1 cm³/mol. The third-order valence-corrected chi connectivity index (χ3v) is 2.87. The van der Waals surface area contributed by atoms with Gasteiger partial charge in [-0.1, -0.05) is 6.92 Å². The molecule has 2 aromatic carbocycles. The second-order valence-corrected chi connectivity index (χ2v) is 4.59. The Kier molecular flexibility index (Phi) is 5.08. The molecule has 0 amide bonds. The second-order valence-electron chi connectivity index (χ2n) is 4.59. The lowest BCUT2D eigenvalue weighted by Crippen LogP contribution is -1.97. The van der Waals surface area contributed by atoms with Crippen LogP contribution in [0.3, 0.4) is 0 Å². The highest BCUT2D eigenvalue weighted by molar-refractivity contribution is 5.54. The van der Waals surface area contributed by atoms with Crippen LogP contribution in [0.25, 0.3) is 0 Å². The van der Waals surface area contributed by atoms with Crippen molar-refractivity contribution in [2.45, 2.75) is 13.3 Å². The van der Waals surface area contributed by atoms with Gasteiger partial charge in [-0.25, -0.2) is 0 Å². The molecule has 0 unspecified atom stereocenters. The highest BCUT2D eigenvalue weighted by Crippen LogP contribution is 2.34. The van der Waals surface area contributed by atoms with Gasteiger partial charge in [0.05, 0.1) is 22.5 Å². The molecule has 0 N–H and O–H groups in total. The van der Waals surface area contributed by atoms with Gasteiger partial charge in [-0.05, 0) is 36.8 Å². The topological polar surface area (TPSA) is 105 Å². The molecule has 23 heavy (non-hydrogen) atoms. The summed E-state index contributed by atoms with van der Waals surface area (Å²) in [5.41, 5.74) is -0.835. The first kappa shape index (κ1) is 16.2. The van der Waals surface area contributed by atoms with E-state index in [1.807, 2.05) is 6.92 Å². The Morgan fingerprint density at radius 1 is 0.957 bits per heavy atom. The highest BCUT2D eigenvalue weighted by Gasteiger charge is 2.21. The molecule has 0 saturated carbocycles. The van der Waals surface area contributed by atoms with Gasteiger partial charge in [-0.15, -0.1) is 0 Å². The van der Waals surface area contributed by atoms with Crippen molar-refractivity contribution >= 4 is 11.4 Å². The zero-order valence-electron chi connectivity index (χ0n) is 12.3. The molecular weight excluding hydrogens is 304 g/mol. The van der Waals surface area contributed by atoms with E-state index in [9.17, 15) is 20.2 Å². The van der Waals surface area contributed by atoms with E-state index in [2.05, 4.69) is 0 Å². The van der Waals surface area contributed by atoms with Gasteiger partial charge < -0.3 is 9.47 Å². The summed E-state index contributed by atoms with van der Waals surface area (Å²) in [5, 5.41) is 21.7. The van der Waals surface area contributed by atoms with Crippen LogP contribution in [0.1, 0.15) is 13.3 Å². The normalized spacial score (nSPS) is 10.1. The average molecular weight is 318 g/mol. The zero-order chi connectivity index (χ0) is 16.8. The fraction of sp³-hybridized carbons (Fsp3) is 0.200. The summed E-state index contributed by atoms with van der Waals surface area (Å²) in [4.78, 5) is 20.3. The lowest BCUT2D eigenvalue weighted by molar-refractivity contribution is -0.394. The van der Waals surface area contributed by atoms with Gasteiger partial charge in [0.25, 0.3) is 5.69 Å². The van der Waals surface area contributed by atoms with E-state index in [0.717, 1.165) is 18.6 Å². The van der Waals surface area contributed by atoms with Crippen molar-refractivity contribution in [2.75, 3.05) is 6.61 Å². The molecule has 0 heterocycles. The summed E-state index contributed by atoms with van der Waals surface area (Å²) in [6.45, 7) is 2.58. The molecule has 0 aliphatic heterocycles. The van der Waals surface area contributed by atoms with E-state index in [4.69, 9.17) is 9.47 Å². The summed E-state index contributed by atoms with van der Waals surface area (Å²) in [6.07, 6.45) is 0.882. The van der Waals surface area contributed by atoms with Gasteiger partial charge in [-0.3, -0.25) is 20.2 Å². The number of hydrogen-bond donors (Lipinski definition) is 0. The molecule has 8 nitrogen and oxygen atoms in total. The Morgan fingerprint density at radius 2 is 1.61 bits per heavy atom. The minimum Gasteiger partial charge on any atom is -0.494 e. The number of non-ortho nitro benzene ring substituents is 1. The van der Waals surface area contributed by atoms with E-state index in [-0.39, 0.29) is 11.4 Å². The maximum absolute atomic E-state index is 11.0. The molecule has 2 rings (SSSR count). The van der Waals surface area contributed by atoms with Crippen LogP contribution in [-0.4, -0.2) is 16.5 Å². The van der Waals surface area contributed by atoms with Gasteiger partial charge in [-0.2, -0.15) is 0 Å². The summed E-state index contributed by atoms with van der Waals surface area (Å²) in [5.74, 6) is 0.964. The van der Waals surface area contributed by atoms with Crippen molar-refractivity contribution in [2.24, 2.45) is 0 Å².